The van der Waals surface area contributed by atoms with E-state index in [1.165, 1.54) is 24.8 Å². The molecular formula is C19H20N4O3S. The standard InChI is InChI=1S/C19H20N4O3S/c1-23(2)27(24,25)13-16-5-3-15(4-6-16)11-21-22-18-9-7-17(8-10-18)19-12-20-14-26-19/h3-10,12,14H,11,13H2,1-2H3. The Morgan fingerprint density at radius 1 is 1.00 bits per heavy atom. The van der Waals surface area contributed by atoms with Gasteiger partial charge in [-0.15, -0.1) is 0 Å². The lowest BCUT2D eigenvalue weighted by Crippen LogP contribution is -2.23. The van der Waals surface area contributed by atoms with Gasteiger partial charge in [0, 0.05) is 19.7 Å². The van der Waals surface area contributed by atoms with Crippen molar-refractivity contribution >= 4 is 15.7 Å². The number of sulfonamides is 1. The second kappa shape index (κ2) is 8.24. The minimum atomic E-state index is -3.26. The molecule has 0 aliphatic heterocycles. The van der Waals surface area contributed by atoms with Gasteiger partial charge in [0.15, 0.2) is 12.2 Å². The molecule has 0 unspecified atom stereocenters. The van der Waals surface area contributed by atoms with Gasteiger partial charge in [-0.05, 0) is 35.4 Å². The van der Waals surface area contributed by atoms with E-state index in [4.69, 9.17) is 4.42 Å². The van der Waals surface area contributed by atoms with Gasteiger partial charge >= 0.3 is 0 Å². The predicted molar refractivity (Wildman–Crippen MR) is 103 cm³/mol. The number of aromatic nitrogens is 1. The van der Waals surface area contributed by atoms with E-state index in [-0.39, 0.29) is 5.75 Å². The fraction of sp³-hybridized carbons (Fsp3) is 0.211. The second-order valence-corrected chi connectivity index (χ2v) is 8.35. The molecule has 1 aromatic heterocycles. The Balaban J connectivity index is 1.58. The maximum Gasteiger partial charge on any atom is 0.217 e. The van der Waals surface area contributed by atoms with Crippen LogP contribution in [-0.4, -0.2) is 31.8 Å². The van der Waals surface area contributed by atoms with Crippen molar-refractivity contribution < 1.29 is 12.8 Å². The lowest BCUT2D eigenvalue weighted by molar-refractivity contribution is 0.519. The highest BCUT2D eigenvalue weighted by molar-refractivity contribution is 7.88. The third kappa shape index (κ3) is 5.08. The Morgan fingerprint density at radius 3 is 2.26 bits per heavy atom. The number of nitrogens with zero attached hydrogens (tertiary/aromatic N) is 4. The number of azo groups is 1. The highest BCUT2D eigenvalue weighted by Gasteiger charge is 2.14. The molecule has 3 aromatic rings. The molecule has 0 N–H and O–H groups in total. The van der Waals surface area contributed by atoms with Crippen LogP contribution >= 0.6 is 0 Å². The molecule has 0 amide bonds. The molecule has 2 aromatic carbocycles. The average Bonchev–Trinajstić information content (AvgIpc) is 3.18. The Kier molecular flexibility index (Phi) is 5.78. The molecule has 7 nitrogen and oxygen atoms in total. The van der Waals surface area contributed by atoms with Crippen molar-refractivity contribution in [3.8, 4) is 11.3 Å². The molecule has 0 bridgehead atoms. The minimum Gasteiger partial charge on any atom is -0.444 e. The van der Waals surface area contributed by atoms with Crippen LogP contribution in [0.3, 0.4) is 0 Å². The molecular weight excluding hydrogens is 364 g/mol. The Labute approximate surface area is 158 Å². The van der Waals surface area contributed by atoms with Gasteiger partial charge in [-0.2, -0.15) is 10.2 Å². The topological polar surface area (TPSA) is 88.1 Å². The van der Waals surface area contributed by atoms with Crippen molar-refractivity contribution in [3.05, 3.63) is 72.2 Å². The van der Waals surface area contributed by atoms with Crippen LogP contribution in [0.15, 0.2) is 75.8 Å². The van der Waals surface area contributed by atoms with E-state index in [1.807, 2.05) is 36.4 Å². The fourth-order valence-electron chi connectivity index (χ4n) is 2.33. The third-order valence-electron chi connectivity index (χ3n) is 3.95. The molecule has 0 spiro atoms. The molecule has 27 heavy (non-hydrogen) atoms. The summed E-state index contributed by atoms with van der Waals surface area (Å²) >= 11 is 0. The molecule has 0 fully saturated rings. The monoisotopic (exact) mass is 384 g/mol. The van der Waals surface area contributed by atoms with Gasteiger partial charge in [-0.1, -0.05) is 24.3 Å². The number of hydrogen-bond acceptors (Lipinski definition) is 6. The van der Waals surface area contributed by atoms with Gasteiger partial charge in [0.05, 0.1) is 24.2 Å². The lowest BCUT2D eigenvalue weighted by Gasteiger charge is -2.11. The summed E-state index contributed by atoms with van der Waals surface area (Å²) in [5, 5.41) is 8.40. The summed E-state index contributed by atoms with van der Waals surface area (Å²) in [6.07, 6.45) is 3.05. The molecule has 0 atom stereocenters. The number of hydrogen-bond donors (Lipinski definition) is 0. The number of benzene rings is 2. The van der Waals surface area contributed by atoms with Crippen molar-refractivity contribution in [1.82, 2.24) is 9.29 Å². The summed E-state index contributed by atoms with van der Waals surface area (Å²) in [6.45, 7) is 0.421. The van der Waals surface area contributed by atoms with Gasteiger partial charge in [0.2, 0.25) is 10.0 Å². The van der Waals surface area contributed by atoms with Crippen LogP contribution in [0.1, 0.15) is 11.1 Å². The first kappa shape index (κ1) is 18.9. The van der Waals surface area contributed by atoms with Crippen LogP contribution in [0.2, 0.25) is 0 Å². The van der Waals surface area contributed by atoms with Crippen molar-refractivity contribution in [2.75, 3.05) is 14.1 Å². The van der Waals surface area contributed by atoms with Crippen LogP contribution in [0, 0.1) is 0 Å². The van der Waals surface area contributed by atoms with E-state index in [0.29, 0.717) is 12.3 Å². The van der Waals surface area contributed by atoms with Crippen LogP contribution in [0.25, 0.3) is 11.3 Å². The van der Waals surface area contributed by atoms with E-state index in [1.54, 1.807) is 18.3 Å². The summed E-state index contributed by atoms with van der Waals surface area (Å²) < 4.78 is 30.3. The van der Waals surface area contributed by atoms with E-state index in [0.717, 1.165) is 22.4 Å². The first-order chi connectivity index (χ1) is 12.9. The Bertz CT molecular complexity index is 994. The largest absolute Gasteiger partial charge is 0.444 e. The first-order valence-corrected chi connectivity index (χ1v) is 9.89. The molecule has 0 saturated carbocycles. The normalized spacial score (nSPS) is 12.1. The van der Waals surface area contributed by atoms with E-state index in [9.17, 15) is 8.42 Å². The molecule has 3 rings (SSSR count). The van der Waals surface area contributed by atoms with Crippen molar-refractivity contribution in [3.63, 3.8) is 0 Å². The smallest absolute Gasteiger partial charge is 0.217 e. The number of rotatable bonds is 7. The SMILES string of the molecule is CN(C)S(=O)(=O)Cc1ccc(CN=Nc2ccc(-c3cnco3)cc2)cc1. The first-order valence-electron chi connectivity index (χ1n) is 8.28. The molecule has 1 heterocycles. The summed E-state index contributed by atoms with van der Waals surface area (Å²) in [5.41, 5.74) is 3.37. The molecule has 0 aliphatic carbocycles. The zero-order valence-electron chi connectivity index (χ0n) is 15.1. The van der Waals surface area contributed by atoms with Crippen LogP contribution < -0.4 is 0 Å². The molecule has 0 radical (unpaired) electrons. The zero-order chi connectivity index (χ0) is 19.3. The van der Waals surface area contributed by atoms with Gasteiger partial charge in [0.1, 0.15) is 0 Å². The van der Waals surface area contributed by atoms with Gasteiger partial charge in [0.25, 0.3) is 0 Å². The van der Waals surface area contributed by atoms with Crippen LogP contribution in [0.4, 0.5) is 5.69 Å². The van der Waals surface area contributed by atoms with Gasteiger partial charge in [-0.25, -0.2) is 17.7 Å². The van der Waals surface area contributed by atoms with Gasteiger partial charge < -0.3 is 4.42 Å². The second-order valence-electron chi connectivity index (χ2n) is 6.17. The highest BCUT2D eigenvalue weighted by Crippen LogP contribution is 2.22. The Hall–Kier alpha value is -2.84. The summed E-state index contributed by atoms with van der Waals surface area (Å²) in [5.74, 6) is 0.689. The minimum absolute atomic E-state index is 0.0145. The highest BCUT2D eigenvalue weighted by atomic mass is 32.2. The third-order valence-corrected chi connectivity index (χ3v) is 5.76. The van der Waals surface area contributed by atoms with Crippen molar-refractivity contribution in [1.29, 1.82) is 0 Å². The summed E-state index contributed by atoms with van der Waals surface area (Å²) in [6, 6.07) is 14.9. The summed E-state index contributed by atoms with van der Waals surface area (Å²) in [4.78, 5) is 3.89. The van der Waals surface area contributed by atoms with E-state index < -0.39 is 10.0 Å². The molecule has 140 valence electrons. The number of oxazole rings is 1. The average molecular weight is 384 g/mol. The fourth-order valence-corrected chi connectivity index (χ4v) is 3.20. The van der Waals surface area contributed by atoms with Crippen molar-refractivity contribution in [2.45, 2.75) is 12.3 Å². The van der Waals surface area contributed by atoms with Crippen LogP contribution in [0.5, 0.6) is 0 Å². The lowest BCUT2D eigenvalue weighted by atomic mass is 10.1. The van der Waals surface area contributed by atoms with Crippen molar-refractivity contribution in [2.24, 2.45) is 10.2 Å². The molecule has 0 aliphatic rings. The quantitative estimate of drug-likeness (QED) is 0.576. The zero-order valence-corrected chi connectivity index (χ0v) is 15.9. The van der Waals surface area contributed by atoms with E-state index >= 15 is 0 Å². The maximum absolute atomic E-state index is 11.9. The molecule has 0 saturated heterocycles. The van der Waals surface area contributed by atoms with E-state index in [2.05, 4.69) is 15.2 Å². The van der Waals surface area contributed by atoms with Crippen LogP contribution in [-0.2, 0) is 22.3 Å². The summed E-state index contributed by atoms with van der Waals surface area (Å²) in [7, 11) is -0.196. The Morgan fingerprint density at radius 2 is 1.67 bits per heavy atom. The maximum atomic E-state index is 11.9. The predicted octanol–water partition coefficient (Wildman–Crippen LogP) is 4.02. The van der Waals surface area contributed by atoms with Gasteiger partial charge in [-0.3, -0.25) is 0 Å². The molecule has 8 heteroatoms.